The van der Waals surface area contributed by atoms with Gasteiger partial charge in [0.1, 0.15) is 17.6 Å². The largest absolute Gasteiger partial charge is 0.339 e. The molecule has 0 aromatic carbocycles. The van der Waals surface area contributed by atoms with Gasteiger partial charge in [-0.15, -0.1) is 5.10 Å². The van der Waals surface area contributed by atoms with Gasteiger partial charge in [-0.25, -0.2) is 8.42 Å². The SMILES string of the molecule is Cn1ncc(C(=O)N[C@H]2CCCCC/C=C\C3C[C@@]3(C(=O)NS(=O)(=O)C3(C)CC3)NC(=O)C3CCCN3C2=O)n1. The van der Waals surface area contributed by atoms with Gasteiger partial charge in [-0.2, -0.15) is 9.90 Å². The monoisotopic (exact) mass is 575 g/mol. The van der Waals surface area contributed by atoms with Gasteiger partial charge in [0.05, 0.1) is 10.9 Å². The number of sulfonamides is 1. The molecule has 4 amide bonds. The number of nitrogens with one attached hydrogen (secondary N) is 3. The normalized spacial score (nSPS) is 31.1. The number of nitrogens with zero attached hydrogens (tertiary/aromatic N) is 4. The molecule has 2 aliphatic heterocycles. The standard InChI is InChI=1S/C26H37N7O6S/c1-25(12-13-25)40(38,39)31-24(37)26-15-17(26)9-6-4-3-5-7-10-18(28-21(34)19-16-27-32(2)30-19)23(36)33-14-8-11-20(33)22(35)29-26/h6,9,16-18,20H,3-5,7-8,10-15H2,1-2H3,(H,28,34)(H,29,35)(H,31,37)/b9-6-/t17?,18-,20?,26+/m0/s1. The summed E-state index contributed by atoms with van der Waals surface area (Å²) in [5.41, 5.74) is -1.29. The van der Waals surface area contributed by atoms with E-state index in [2.05, 4.69) is 25.6 Å². The van der Waals surface area contributed by atoms with Crippen LogP contribution in [-0.4, -0.2) is 80.9 Å². The quantitative estimate of drug-likeness (QED) is 0.421. The second-order valence-corrected chi connectivity index (χ2v) is 13.9. The third-order valence-corrected chi connectivity index (χ3v) is 10.8. The van der Waals surface area contributed by atoms with E-state index < -0.39 is 50.1 Å². The van der Waals surface area contributed by atoms with Gasteiger partial charge in [-0.3, -0.25) is 23.9 Å². The maximum atomic E-state index is 13.7. The first-order valence-electron chi connectivity index (χ1n) is 14.0. The molecule has 3 heterocycles. The Kier molecular flexibility index (Phi) is 7.48. The van der Waals surface area contributed by atoms with Crippen LogP contribution in [-0.2, 0) is 31.5 Å². The molecule has 1 aromatic heterocycles. The van der Waals surface area contributed by atoms with Crippen LogP contribution in [0, 0.1) is 5.92 Å². The fraction of sp³-hybridized carbons (Fsp3) is 0.692. The molecule has 14 heteroatoms. The molecule has 3 N–H and O–H groups in total. The van der Waals surface area contributed by atoms with Crippen molar-refractivity contribution in [3.05, 3.63) is 24.0 Å². The smallest absolute Gasteiger partial charge is 0.274 e. The molecule has 218 valence electrons. The van der Waals surface area contributed by atoms with Crippen LogP contribution >= 0.6 is 0 Å². The van der Waals surface area contributed by atoms with E-state index in [1.54, 1.807) is 14.0 Å². The Balaban J connectivity index is 1.36. The van der Waals surface area contributed by atoms with E-state index in [1.165, 1.54) is 15.9 Å². The fourth-order valence-electron chi connectivity index (χ4n) is 5.56. The Morgan fingerprint density at radius 2 is 1.90 bits per heavy atom. The Bertz CT molecular complexity index is 1340. The van der Waals surface area contributed by atoms with E-state index in [0.717, 1.165) is 19.3 Å². The van der Waals surface area contributed by atoms with E-state index in [4.69, 9.17) is 0 Å². The molecule has 2 unspecified atom stereocenters. The lowest BCUT2D eigenvalue weighted by Gasteiger charge is -2.30. The number of amides is 4. The number of carbonyl (C=O) groups excluding carboxylic acids is 4. The van der Waals surface area contributed by atoms with Crippen LogP contribution in [0.1, 0.15) is 81.6 Å². The van der Waals surface area contributed by atoms with Gasteiger partial charge < -0.3 is 15.5 Å². The highest BCUT2D eigenvalue weighted by molar-refractivity contribution is 7.91. The minimum Gasteiger partial charge on any atom is -0.339 e. The molecule has 5 rings (SSSR count). The molecule has 0 spiro atoms. The number of rotatable bonds is 5. The molecular weight excluding hydrogens is 538 g/mol. The predicted octanol–water partition coefficient (Wildman–Crippen LogP) is 0.298. The summed E-state index contributed by atoms with van der Waals surface area (Å²) < 4.78 is 26.9. The van der Waals surface area contributed by atoms with Gasteiger partial charge in [0.25, 0.3) is 11.8 Å². The summed E-state index contributed by atoms with van der Waals surface area (Å²) in [6, 6.07) is -1.68. The average Bonchev–Trinajstić information content (AvgIpc) is 3.66. The molecule has 0 bridgehead atoms. The summed E-state index contributed by atoms with van der Waals surface area (Å²) in [5.74, 6) is -2.46. The maximum absolute atomic E-state index is 13.7. The first-order chi connectivity index (χ1) is 19.0. The van der Waals surface area contributed by atoms with Crippen molar-refractivity contribution in [2.45, 2.75) is 93.5 Å². The number of aromatic nitrogens is 3. The van der Waals surface area contributed by atoms with Crippen LogP contribution in [0.3, 0.4) is 0 Å². The summed E-state index contributed by atoms with van der Waals surface area (Å²) >= 11 is 0. The molecule has 0 radical (unpaired) electrons. The number of hydrogen-bond donors (Lipinski definition) is 3. The van der Waals surface area contributed by atoms with Crippen LogP contribution in [0.25, 0.3) is 0 Å². The Morgan fingerprint density at radius 3 is 2.60 bits per heavy atom. The molecular formula is C26H37N7O6S. The number of allylic oxidation sites excluding steroid dienone is 1. The van der Waals surface area contributed by atoms with Crippen molar-refractivity contribution < 1.29 is 27.6 Å². The minimum absolute atomic E-state index is 0.0924. The van der Waals surface area contributed by atoms with Crippen molar-refractivity contribution in [3.8, 4) is 0 Å². The van der Waals surface area contributed by atoms with Crippen molar-refractivity contribution in [2.75, 3.05) is 6.54 Å². The van der Waals surface area contributed by atoms with Crippen molar-refractivity contribution in [2.24, 2.45) is 13.0 Å². The summed E-state index contributed by atoms with van der Waals surface area (Å²) in [7, 11) is -2.30. The molecule has 1 saturated heterocycles. The van der Waals surface area contributed by atoms with Crippen molar-refractivity contribution >= 4 is 33.7 Å². The van der Waals surface area contributed by atoms with Gasteiger partial charge in [0, 0.05) is 19.5 Å². The van der Waals surface area contributed by atoms with Crippen molar-refractivity contribution in [1.29, 1.82) is 0 Å². The molecule has 2 aliphatic carbocycles. The summed E-state index contributed by atoms with van der Waals surface area (Å²) in [6.07, 6.45) is 10.9. The zero-order valence-corrected chi connectivity index (χ0v) is 23.7. The molecule has 2 saturated carbocycles. The lowest BCUT2D eigenvalue weighted by Crippen LogP contribution is -2.58. The first-order valence-corrected chi connectivity index (χ1v) is 15.5. The fourth-order valence-corrected chi connectivity index (χ4v) is 6.87. The summed E-state index contributed by atoms with van der Waals surface area (Å²) in [5, 5.41) is 13.6. The highest BCUT2D eigenvalue weighted by Gasteiger charge is 2.62. The molecule has 1 aromatic rings. The lowest BCUT2D eigenvalue weighted by molar-refractivity contribution is -0.141. The lowest BCUT2D eigenvalue weighted by atomic mass is 10.0. The van der Waals surface area contributed by atoms with E-state index in [-0.39, 0.29) is 23.9 Å². The van der Waals surface area contributed by atoms with Gasteiger partial charge in [-0.05, 0) is 58.3 Å². The van der Waals surface area contributed by atoms with Crippen LogP contribution in [0.2, 0.25) is 0 Å². The van der Waals surface area contributed by atoms with Gasteiger partial charge in [0.2, 0.25) is 21.8 Å². The van der Waals surface area contributed by atoms with E-state index in [9.17, 15) is 27.6 Å². The Hall–Kier alpha value is -3.29. The zero-order chi connectivity index (χ0) is 28.7. The van der Waals surface area contributed by atoms with Crippen molar-refractivity contribution in [1.82, 2.24) is 35.2 Å². The van der Waals surface area contributed by atoms with Crippen molar-refractivity contribution in [3.63, 3.8) is 0 Å². The Morgan fingerprint density at radius 1 is 1.12 bits per heavy atom. The molecule has 4 aliphatic rings. The number of aryl methyl sites for hydroxylation is 1. The van der Waals surface area contributed by atoms with Crippen LogP contribution in [0.5, 0.6) is 0 Å². The van der Waals surface area contributed by atoms with Gasteiger partial charge in [0.15, 0.2) is 5.69 Å². The first kappa shape index (κ1) is 28.2. The number of fused-ring (bicyclic) bond motifs is 2. The van der Waals surface area contributed by atoms with E-state index in [1.807, 2.05) is 12.2 Å². The minimum atomic E-state index is -3.89. The highest BCUT2D eigenvalue weighted by Crippen LogP contribution is 2.47. The van der Waals surface area contributed by atoms with Gasteiger partial charge in [-0.1, -0.05) is 25.0 Å². The second-order valence-electron chi connectivity index (χ2n) is 11.7. The molecule has 40 heavy (non-hydrogen) atoms. The third-order valence-electron chi connectivity index (χ3n) is 8.60. The maximum Gasteiger partial charge on any atom is 0.274 e. The topological polar surface area (TPSA) is 172 Å². The highest BCUT2D eigenvalue weighted by atomic mass is 32.2. The number of hydrogen-bond acceptors (Lipinski definition) is 8. The van der Waals surface area contributed by atoms with Gasteiger partial charge >= 0.3 is 0 Å². The molecule has 4 atom stereocenters. The van der Waals surface area contributed by atoms with Crippen LogP contribution < -0.4 is 15.4 Å². The summed E-state index contributed by atoms with van der Waals surface area (Å²) in [6.45, 7) is 1.94. The predicted molar refractivity (Wildman–Crippen MR) is 143 cm³/mol. The average molecular weight is 576 g/mol. The van der Waals surface area contributed by atoms with Crippen LogP contribution in [0.4, 0.5) is 0 Å². The van der Waals surface area contributed by atoms with Crippen LogP contribution in [0.15, 0.2) is 18.3 Å². The second kappa shape index (κ2) is 10.6. The molecule has 13 nitrogen and oxygen atoms in total. The Labute approximate surface area is 233 Å². The van der Waals surface area contributed by atoms with E-state index in [0.29, 0.717) is 45.1 Å². The van der Waals surface area contributed by atoms with E-state index >= 15 is 0 Å². The number of carbonyl (C=O) groups is 4. The third kappa shape index (κ3) is 5.50. The zero-order valence-electron chi connectivity index (χ0n) is 22.9. The molecule has 3 fully saturated rings. The summed E-state index contributed by atoms with van der Waals surface area (Å²) in [4.78, 5) is 56.2.